The van der Waals surface area contributed by atoms with Gasteiger partial charge in [-0.3, -0.25) is 0 Å². The van der Waals surface area contributed by atoms with Crippen molar-refractivity contribution in [2.24, 2.45) is 0 Å². The summed E-state index contributed by atoms with van der Waals surface area (Å²) in [7, 11) is 0. The molecule has 0 bridgehead atoms. The number of hydrogen-bond donors (Lipinski definition) is 1. The van der Waals surface area contributed by atoms with Gasteiger partial charge in [0.15, 0.2) is 0 Å². The van der Waals surface area contributed by atoms with Gasteiger partial charge in [0.1, 0.15) is 5.75 Å². The van der Waals surface area contributed by atoms with E-state index in [1.165, 1.54) is 18.4 Å². The molecule has 0 heterocycles. The van der Waals surface area contributed by atoms with Crippen molar-refractivity contribution in [3.8, 4) is 5.75 Å². The molecule has 2 unspecified atom stereocenters. The summed E-state index contributed by atoms with van der Waals surface area (Å²) in [5, 5.41) is 10.2. The maximum Gasteiger partial charge on any atom is 0.119 e. The van der Waals surface area contributed by atoms with Crippen LogP contribution in [0.2, 0.25) is 0 Å². The third-order valence-corrected chi connectivity index (χ3v) is 3.64. The summed E-state index contributed by atoms with van der Waals surface area (Å²) in [6, 6.07) is 8.24. The van der Waals surface area contributed by atoms with E-state index in [1.807, 2.05) is 26.0 Å². The van der Waals surface area contributed by atoms with E-state index in [9.17, 15) is 5.11 Å². The third kappa shape index (κ3) is 3.49. The van der Waals surface area contributed by atoms with Gasteiger partial charge in [-0.1, -0.05) is 31.4 Å². The molecular weight excluding hydrogens is 224 g/mol. The molecule has 0 amide bonds. The topological polar surface area (TPSA) is 29.5 Å². The Hall–Kier alpha value is -1.02. The van der Waals surface area contributed by atoms with Crippen LogP contribution in [0, 0.1) is 0 Å². The van der Waals surface area contributed by atoms with Gasteiger partial charge in [0, 0.05) is 5.92 Å². The zero-order chi connectivity index (χ0) is 13.0. The van der Waals surface area contributed by atoms with E-state index in [0.717, 1.165) is 25.0 Å². The molecule has 1 N–H and O–H groups in total. The summed E-state index contributed by atoms with van der Waals surface area (Å²) in [5.74, 6) is 1.20. The molecule has 0 spiro atoms. The minimum atomic E-state index is -0.193. The molecule has 1 aliphatic carbocycles. The lowest BCUT2D eigenvalue weighted by atomic mass is 9.89. The van der Waals surface area contributed by atoms with Gasteiger partial charge < -0.3 is 9.84 Å². The minimum absolute atomic E-state index is 0.193. The van der Waals surface area contributed by atoms with Gasteiger partial charge in [-0.2, -0.15) is 0 Å². The summed E-state index contributed by atoms with van der Waals surface area (Å²) in [6.07, 6.45) is 5.64. The first-order valence-electron chi connectivity index (χ1n) is 7.11. The molecule has 2 nitrogen and oxygen atoms in total. The summed E-state index contributed by atoms with van der Waals surface area (Å²) in [6.45, 7) is 4.07. The summed E-state index contributed by atoms with van der Waals surface area (Å²) < 4.78 is 5.73. The monoisotopic (exact) mass is 248 g/mol. The predicted molar refractivity (Wildman–Crippen MR) is 74.0 cm³/mol. The Balaban J connectivity index is 2.15. The van der Waals surface area contributed by atoms with E-state index < -0.39 is 0 Å². The van der Waals surface area contributed by atoms with Crippen molar-refractivity contribution in [2.75, 3.05) is 0 Å². The van der Waals surface area contributed by atoms with E-state index in [4.69, 9.17) is 4.74 Å². The highest BCUT2D eigenvalue weighted by Crippen LogP contribution is 2.33. The van der Waals surface area contributed by atoms with Crippen LogP contribution in [-0.2, 0) is 0 Å². The zero-order valence-electron chi connectivity index (χ0n) is 11.4. The molecule has 1 aliphatic rings. The number of ether oxygens (including phenoxy) is 1. The Bertz CT molecular complexity index is 373. The summed E-state index contributed by atoms with van der Waals surface area (Å²) >= 11 is 0. The van der Waals surface area contributed by atoms with Gasteiger partial charge >= 0.3 is 0 Å². The second-order valence-corrected chi connectivity index (χ2v) is 5.55. The third-order valence-electron chi connectivity index (χ3n) is 3.64. The summed E-state index contributed by atoms with van der Waals surface area (Å²) in [5.41, 5.74) is 1.22. The molecule has 1 saturated carbocycles. The SMILES string of the molecule is CC(C)Oc1cccc(C2CCCCCC2O)c1. The Morgan fingerprint density at radius 1 is 1.17 bits per heavy atom. The second-order valence-electron chi connectivity index (χ2n) is 5.55. The first kappa shape index (κ1) is 13.4. The van der Waals surface area contributed by atoms with E-state index >= 15 is 0 Å². The summed E-state index contributed by atoms with van der Waals surface area (Å²) in [4.78, 5) is 0. The van der Waals surface area contributed by atoms with Gasteiger partial charge in [0.05, 0.1) is 12.2 Å². The molecule has 2 rings (SSSR count). The van der Waals surface area contributed by atoms with Gasteiger partial charge in [-0.15, -0.1) is 0 Å². The van der Waals surface area contributed by atoms with Crippen molar-refractivity contribution >= 4 is 0 Å². The van der Waals surface area contributed by atoms with Crippen LogP contribution in [0.4, 0.5) is 0 Å². The fraction of sp³-hybridized carbons (Fsp3) is 0.625. The zero-order valence-corrected chi connectivity index (χ0v) is 11.4. The van der Waals surface area contributed by atoms with Crippen LogP contribution in [0.15, 0.2) is 24.3 Å². The molecule has 1 aromatic rings. The van der Waals surface area contributed by atoms with E-state index in [2.05, 4.69) is 12.1 Å². The maximum atomic E-state index is 10.2. The molecular formula is C16H24O2. The van der Waals surface area contributed by atoms with Crippen LogP contribution < -0.4 is 4.74 Å². The van der Waals surface area contributed by atoms with Crippen LogP contribution in [0.25, 0.3) is 0 Å². The van der Waals surface area contributed by atoms with E-state index in [0.29, 0.717) is 0 Å². The molecule has 2 heteroatoms. The lowest BCUT2D eigenvalue weighted by Crippen LogP contribution is -2.17. The van der Waals surface area contributed by atoms with Crippen LogP contribution in [-0.4, -0.2) is 17.3 Å². The lowest BCUT2D eigenvalue weighted by molar-refractivity contribution is 0.135. The number of aliphatic hydroxyl groups excluding tert-OH is 1. The number of benzene rings is 1. The van der Waals surface area contributed by atoms with E-state index in [1.54, 1.807) is 0 Å². The molecule has 2 atom stereocenters. The average Bonchev–Trinajstić information content (AvgIpc) is 2.53. The van der Waals surface area contributed by atoms with Gasteiger partial charge in [0.2, 0.25) is 0 Å². The maximum absolute atomic E-state index is 10.2. The number of rotatable bonds is 3. The van der Waals surface area contributed by atoms with Crippen molar-refractivity contribution < 1.29 is 9.84 Å². The molecule has 0 aromatic heterocycles. The quantitative estimate of drug-likeness (QED) is 0.822. The van der Waals surface area contributed by atoms with Gasteiger partial charge in [-0.05, 0) is 44.4 Å². The van der Waals surface area contributed by atoms with Crippen molar-refractivity contribution in [3.63, 3.8) is 0 Å². The average molecular weight is 248 g/mol. The molecule has 1 fully saturated rings. The highest BCUT2D eigenvalue weighted by molar-refractivity contribution is 5.31. The molecule has 0 saturated heterocycles. The Morgan fingerprint density at radius 2 is 1.94 bits per heavy atom. The van der Waals surface area contributed by atoms with Crippen molar-refractivity contribution in [2.45, 2.75) is 64.1 Å². The lowest BCUT2D eigenvalue weighted by Gasteiger charge is -2.21. The highest BCUT2D eigenvalue weighted by atomic mass is 16.5. The Morgan fingerprint density at radius 3 is 2.72 bits per heavy atom. The fourth-order valence-electron chi connectivity index (χ4n) is 2.77. The van der Waals surface area contributed by atoms with E-state index in [-0.39, 0.29) is 18.1 Å². The van der Waals surface area contributed by atoms with Crippen LogP contribution >= 0.6 is 0 Å². The Kier molecular flexibility index (Phi) is 4.65. The largest absolute Gasteiger partial charge is 0.491 e. The second kappa shape index (κ2) is 6.24. The highest BCUT2D eigenvalue weighted by Gasteiger charge is 2.23. The molecule has 0 aliphatic heterocycles. The molecule has 1 aromatic carbocycles. The van der Waals surface area contributed by atoms with Crippen LogP contribution in [0.1, 0.15) is 57.4 Å². The first-order chi connectivity index (χ1) is 8.66. The number of hydrogen-bond acceptors (Lipinski definition) is 2. The Labute approximate surface area is 110 Å². The minimum Gasteiger partial charge on any atom is -0.491 e. The van der Waals surface area contributed by atoms with Crippen LogP contribution in [0.5, 0.6) is 5.75 Å². The first-order valence-corrected chi connectivity index (χ1v) is 7.11. The number of aliphatic hydroxyl groups is 1. The smallest absolute Gasteiger partial charge is 0.119 e. The normalized spacial score (nSPS) is 24.9. The van der Waals surface area contributed by atoms with Crippen LogP contribution in [0.3, 0.4) is 0 Å². The van der Waals surface area contributed by atoms with Crippen molar-refractivity contribution in [1.82, 2.24) is 0 Å². The molecule has 100 valence electrons. The fourth-order valence-corrected chi connectivity index (χ4v) is 2.77. The van der Waals surface area contributed by atoms with Crippen molar-refractivity contribution in [1.29, 1.82) is 0 Å². The predicted octanol–water partition coefficient (Wildman–Crippen LogP) is 3.88. The van der Waals surface area contributed by atoms with Gasteiger partial charge in [-0.25, -0.2) is 0 Å². The molecule has 0 radical (unpaired) electrons. The standard InChI is InChI=1S/C16H24O2/c1-12(2)18-14-8-6-7-13(11-14)15-9-4-3-5-10-16(15)17/h6-8,11-12,15-17H,3-5,9-10H2,1-2H3. The van der Waals surface area contributed by atoms with Crippen molar-refractivity contribution in [3.05, 3.63) is 29.8 Å². The molecule has 18 heavy (non-hydrogen) atoms. The van der Waals surface area contributed by atoms with Gasteiger partial charge in [0.25, 0.3) is 0 Å².